The molecule has 0 aliphatic heterocycles. The zero-order valence-electron chi connectivity index (χ0n) is 11.5. The monoisotopic (exact) mass is 342 g/mol. The summed E-state index contributed by atoms with van der Waals surface area (Å²) in [6.07, 6.45) is 0. The molecule has 0 radical (unpaired) electrons. The summed E-state index contributed by atoms with van der Waals surface area (Å²) in [4.78, 5) is 20.2. The molecule has 2 rings (SSSR count). The van der Waals surface area contributed by atoms with Crippen molar-refractivity contribution in [1.29, 1.82) is 0 Å². The summed E-state index contributed by atoms with van der Waals surface area (Å²) >= 11 is 5.67. The molecule has 8 nitrogen and oxygen atoms in total. The number of ether oxygens (including phenoxy) is 2. The van der Waals surface area contributed by atoms with E-state index in [1.165, 1.54) is 13.2 Å². The van der Waals surface area contributed by atoms with Crippen LogP contribution in [0.15, 0.2) is 30.3 Å². The number of methoxy groups -OCH3 is 1. The first-order valence-corrected chi connectivity index (χ1v) is 6.35. The molecule has 2 aromatic carbocycles. The molecule has 0 bridgehead atoms. The fourth-order valence-electron chi connectivity index (χ4n) is 1.76. The Labute approximate surface area is 133 Å². The highest BCUT2D eigenvalue weighted by Gasteiger charge is 2.26. The van der Waals surface area contributed by atoms with Crippen molar-refractivity contribution >= 4 is 23.0 Å². The van der Waals surface area contributed by atoms with E-state index in [0.29, 0.717) is 0 Å². The van der Waals surface area contributed by atoms with Gasteiger partial charge in [0.25, 0.3) is 0 Å². The molecule has 0 saturated carbocycles. The van der Waals surface area contributed by atoms with Crippen molar-refractivity contribution in [2.75, 3.05) is 7.11 Å². The molecule has 2 aromatic rings. The summed E-state index contributed by atoms with van der Waals surface area (Å²) in [6, 6.07) is 5.33. The molecule has 23 heavy (non-hydrogen) atoms. The molecule has 0 unspecified atom stereocenters. The molecular weight excluding hydrogens is 335 g/mol. The summed E-state index contributed by atoms with van der Waals surface area (Å²) in [7, 11) is 1.23. The van der Waals surface area contributed by atoms with Crippen LogP contribution in [-0.4, -0.2) is 17.0 Å². The Kier molecular flexibility index (Phi) is 4.60. The van der Waals surface area contributed by atoms with Crippen LogP contribution in [0.1, 0.15) is 0 Å². The van der Waals surface area contributed by atoms with Crippen molar-refractivity contribution in [2.24, 2.45) is 0 Å². The van der Waals surface area contributed by atoms with Gasteiger partial charge in [-0.3, -0.25) is 20.2 Å². The van der Waals surface area contributed by atoms with E-state index in [2.05, 4.69) is 0 Å². The number of hydrogen-bond acceptors (Lipinski definition) is 6. The zero-order chi connectivity index (χ0) is 17.1. The van der Waals surface area contributed by atoms with E-state index in [4.69, 9.17) is 21.1 Å². The summed E-state index contributed by atoms with van der Waals surface area (Å²) in [6.45, 7) is 0. The second-order valence-corrected chi connectivity index (χ2v) is 4.62. The third-order valence-electron chi connectivity index (χ3n) is 2.76. The number of benzene rings is 2. The molecule has 0 atom stereocenters. The van der Waals surface area contributed by atoms with Gasteiger partial charge >= 0.3 is 11.4 Å². The fraction of sp³-hybridized carbons (Fsp3) is 0.0769. The van der Waals surface area contributed by atoms with E-state index < -0.39 is 32.8 Å². The molecule has 0 aromatic heterocycles. The van der Waals surface area contributed by atoms with Crippen LogP contribution in [0, 0.1) is 26.0 Å². The summed E-state index contributed by atoms with van der Waals surface area (Å²) < 4.78 is 23.8. The maximum absolute atomic E-state index is 13.8. The molecule has 0 saturated heterocycles. The average Bonchev–Trinajstić information content (AvgIpc) is 2.47. The fourth-order valence-corrected chi connectivity index (χ4v) is 1.93. The number of nitro benzene ring substituents is 2. The number of nitrogens with zero attached hydrogens (tertiary/aromatic N) is 2. The first-order valence-electron chi connectivity index (χ1n) is 5.97. The Hall–Kier alpha value is -2.94. The van der Waals surface area contributed by atoms with Crippen LogP contribution in [-0.2, 0) is 0 Å². The quantitative estimate of drug-likeness (QED) is 0.598. The highest BCUT2D eigenvalue weighted by Crippen LogP contribution is 2.40. The van der Waals surface area contributed by atoms with Crippen molar-refractivity contribution in [1.82, 2.24) is 0 Å². The largest absolute Gasteiger partial charge is 0.497 e. The van der Waals surface area contributed by atoms with E-state index in [0.717, 1.165) is 24.3 Å². The number of hydrogen-bond donors (Lipinski definition) is 0. The van der Waals surface area contributed by atoms with Gasteiger partial charge in [-0.25, -0.2) is 0 Å². The SMILES string of the molecule is COc1cc(F)c([N+](=O)[O-])c(Oc2ccc(Cl)cc2[N+](=O)[O-])c1. The van der Waals surface area contributed by atoms with Gasteiger partial charge in [-0.15, -0.1) is 0 Å². The van der Waals surface area contributed by atoms with Crippen LogP contribution in [0.25, 0.3) is 0 Å². The van der Waals surface area contributed by atoms with Crippen LogP contribution in [0.4, 0.5) is 15.8 Å². The standard InChI is InChI=1S/C13H8ClFN2O6/c1-22-8-5-9(15)13(17(20)21)12(6-8)23-11-3-2-7(14)4-10(11)16(18)19/h2-6H,1H3. The minimum atomic E-state index is -1.19. The third-order valence-corrected chi connectivity index (χ3v) is 2.99. The third kappa shape index (κ3) is 3.46. The molecule has 120 valence electrons. The Morgan fingerprint density at radius 3 is 2.35 bits per heavy atom. The Morgan fingerprint density at radius 2 is 1.78 bits per heavy atom. The molecule has 0 N–H and O–H groups in total. The topological polar surface area (TPSA) is 105 Å². The molecular formula is C13H8ClFN2O6. The lowest BCUT2D eigenvalue weighted by atomic mass is 10.2. The maximum atomic E-state index is 13.8. The van der Waals surface area contributed by atoms with E-state index in [1.54, 1.807) is 0 Å². The Balaban J connectivity index is 2.58. The van der Waals surface area contributed by atoms with Gasteiger partial charge in [0.05, 0.1) is 17.0 Å². The summed E-state index contributed by atoms with van der Waals surface area (Å²) in [5.41, 5.74) is -1.48. The summed E-state index contributed by atoms with van der Waals surface area (Å²) in [5.74, 6) is -2.09. The van der Waals surface area contributed by atoms with Crippen LogP contribution >= 0.6 is 11.6 Å². The van der Waals surface area contributed by atoms with Gasteiger partial charge in [-0.05, 0) is 12.1 Å². The van der Waals surface area contributed by atoms with Gasteiger partial charge in [0, 0.05) is 23.2 Å². The maximum Gasteiger partial charge on any atom is 0.347 e. The van der Waals surface area contributed by atoms with Gasteiger partial charge in [0.15, 0.2) is 0 Å². The van der Waals surface area contributed by atoms with Gasteiger partial charge in [-0.1, -0.05) is 11.6 Å². The second kappa shape index (κ2) is 6.44. The Morgan fingerprint density at radius 1 is 1.09 bits per heavy atom. The molecule has 0 heterocycles. The van der Waals surface area contributed by atoms with Crippen LogP contribution in [0.5, 0.6) is 17.2 Å². The first-order chi connectivity index (χ1) is 10.8. The minimum Gasteiger partial charge on any atom is -0.497 e. The van der Waals surface area contributed by atoms with Gasteiger partial charge in [-0.2, -0.15) is 4.39 Å². The number of nitro groups is 2. The molecule has 10 heteroatoms. The van der Waals surface area contributed by atoms with Crippen LogP contribution in [0.2, 0.25) is 5.02 Å². The zero-order valence-corrected chi connectivity index (χ0v) is 12.2. The smallest absolute Gasteiger partial charge is 0.347 e. The predicted octanol–water partition coefficient (Wildman–Crippen LogP) is 4.10. The molecule has 0 aliphatic rings. The summed E-state index contributed by atoms with van der Waals surface area (Å²) in [5, 5.41) is 22.1. The van der Waals surface area contributed by atoms with Gasteiger partial charge < -0.3 is 9.47 Å². The lowest BCUT2D eigenvalue weighted by Gasteiger charge is -2.09. The number of rotatable bonds is 5. The first kappa shape index (κ1) is 16.4. The van der Waals surface area contributed by atoms with E-state index in [9.17, 15) is 24.6 Å². The highest BCUT2D eigenvalue weighted by molar-refractivity contribution is 6.30. The minimum absolute atomic E-state index is 0.0419. The van der Waals surface area contributed by atoms with Crippen molar-refractivity contribution in [3.05, 3.63) is 61.4 Å². The van der Waals surface area contributed by atoms with E-state index in [-0.39, 0.29) is 16.5 Å². The average molecular weight is 343 g/mol. The van der Waals surface area contributed by atoms with Crippen molar-refractivity contribution in [3.63, 3.8) is 0 Å². The predicted molar refractivity (Wildman–Crippen MR) is 77.8 cm³/mol. The van der Waals surface area contributed by atoms with Gasteiger partial charge in [0.1, 0.15) is 5.75 Å². The molecule has 0 spiro atoms. The van der Waals surface area contributed by atoms with E-state index >= 15 is 0 Å². The van der Waals surface area contributed by atoms with Crippen molar-refractivity contribution < 1.29 is 23.7 Å². The highest BCUT2D eigenvalue weighted by atomic mass is 35.5. The lowest BCUT2D eigenvalue weighted by molar-refractivity contribution is -0.389. The normalized spacial score (nSPS) is 10.2. The van der Waals surface area contributed by atoms with Crippen molar-refractivity contribution in [2.45, 2.75) is 0 Å². The second-order valence-electron chi connectivity index (χ2n) is 4.18. The molecule has 0 amide bonds. The lowest BCUT2D eigenvalue weighted by Crippen LogP contribution is -2.00. The number of halogens is 2. The van der Waals surface area contributed by atoms with E-state index in [1.807, 2.05) is 0 Å². The molecule has 0 aliphatic carbocycles. The van der Waals surface area contributed by atoms with Crippen molar-refractivity contribution in [3.8, 4) is 17.2 Å². The molecule has 0 fully saturated rings. The van der Waals surface area contributed by atoms with Crippen LogP contribution in [0.3, 0.4) is 0 Å². The van der Waals surface area contributed by atoms with Crippen LogP contribution < -0.4 is 9.47 Å². The Bertz CT molecular complexity index is 798. The van der Waals surface area contributed by atoms with Gasteiger partial charge in [0.2, 0.25) is 17.3 Å².